The predicted molar refractivity (Wildman–Crippen MR) is 60.5 cm³/mol. The summed E-state index contributed by atoms with van der Waals surface area (Å²) >= 11 is 0. The van der Waals surface area contributed by atoms with Crippen molar-refractivity contribution in [1.82, 2.24) is 0 Å². The molecule has 2 rings (SSSR count). The van der Waals surface area contributed by atoms with Crippen LogP contribution in [0.1, 0.15) is 13.8 Å². The van der Waals surface area contributed by atoms with E-state index in [0.717, 1.165) is 30.0 Å². The van der Waals surface area contributed by atoms with E-state index in [9.17, 15) is 0 Å². The first-order chi connectivity index (χ1) is 6.66. The average Bonchev–Trinajstić information content (AvgIpc) is 2.64. The Hall–Kier alpha value is -0.190. The molecular formula is C8H8O3P3. The summed E-state index contributed by atoms with van der Waals surface area (Å²) in [5.41, 5.74) is 3.09. The Morgan fingerprint density at radius 3 is 2.21 bits per heavy atom. The van der Waals surface area contributed by atoms with Gasteiger partial charge < -0.3 is 0 Å². The maximum Gasteiger partial charge on any atom is 0.219 e. The highest BCUT2D eigenvalue weighted by atomic mass is 31.7. The van der Waals surface area contributed by atoms with Gasteiger partial charge in [0.05, 0.1) is 5.66 Å². The molecule has 0 bridgehead atoms. The van der Waals surface area contributed by atoms with Crippen LogP contribution in [0.3, 0.4) is 0 Å². The summed E-state index contributed by atoms with van der Waals surface area (Å²) < 4.78 is 0. The molecular weight excluding hydrogens is 237 g/mol. The minimum absolute atomic E-state index is 0.645. The Kier molecular flexibility index (Phi) is 2.77. The fraction of sp³-hybridized carbons (Fsp3) is 0.250. The Bertz CT molecular complexity index is 383. The lowest BCUT2D eigenvalue weighted by molar-refractivity contribution is -0.437. The summed E-state index contributed by atoms with van der Waals surface area (Å²) in [5, 5.41) is 5.50. The molecule has 2 aliphatic rings. The molecule has 1 fully saturated rings. The van der Waals surface area contributed by atoms with Gasteiger partial charge in [-0.1, -0.05) is 16.4 Å². The molecule has 14 heavy (non-hydrogen) atoms. The van der Waals surface area contributed by atoms with Crippen LogP contribution < -0.4 is 0 Å². The van der Waals surface area contributed by atoms with Crippen LogP contribution in [-0.2, 0) is 14.8 Å². The zero-order valence-electron chi connectivity index (χ0n) is 7.67. The fourth-order valence-electron chi connectivity index (χ4n) is 1.35. The molecule has 0 aromatic rings. The first-order valence-electron chi connectivity index (χ1n) is 3.94. The largest absolute Gasteiger partial charge is 0.295 e. The lowest BCUT2D eigenvalue weighted by Crippen LogP contribution is -2.15. The smallest absolute Gasteiger partial charge is 0.219 e. The zero-order chi connectivity index (χ0) is 10.3. The normalized spacial score (nSPS) is 22.6. The molecule has 0 N–H and O–H groups in total. The topological polar surface area (TPSA) is 27.7 Å². The molecule has 73 valence electrons. The van der Waals surface area contributed by atoms with E-state index in [0.29, 0.717) is 11.5 Å². The number of fused-ring (bicyclic) bond motifs is 1. The second-order valence-corrected chi connectivity index (χ2v) is 4.82. The Balaban J connectivity index is 2.57. The van der Waals surface area contributed by atoms with Crippen molar-refractivity contribution < 1.29 is 14.8 Å². The Morgan fingerprint density at radius 2 is 1.64 bits per heavy atom. The first-order valence-corrected chi connectivity index (χ1v) is 6.67. The molecule has 1 heterocycles. The highest BCUT2D eigenvalue weighted by molar-refractivity contribution is 7.77. The number of rotatable bonds is 1. The number of hydrogen-bond acceptors (Lipinski definition) is 3. The summed E-state index contributed by atoms with van der Waals surface area (Å²) in [4.78, 5) is 9.86. The third-order valence-corrected chi connectivity index (χ3v) is 4.49. The third kappa shape index (κ3) is 1.36. The second-order valence-electron chi connectivity index (χ2n) is 2.98. The number of allylic oxidation sites excluding steroid dienone is 2. The molecule has 0 atom stereocenters. The van der Waals surface area contributed by atoms with Gasteiger partial charge in [0.15, 0.2) is 0 Å². The van der Waals surface area contributed by atoms with Crippen molar-refractivity contribution in [1.29, 1.82) is 0 Å². The van der Waals surface area contributed by atoms with Gasteiger partial charge in [-0.15, -0.1) is 8.86 Å². The van der Waals surface area contributed by atoms with Gasteiger partial charge in [-0.2, -0.15) is 0 Å². The van der Waals surface area contributed by atoms with Crippen molar-refractivity contribution in [3.05, 3.63) is 28.3 Å². The monoisotopic (exact) mass is 245 g/mol. The highest BCUT2D eigenvalue weighted by Crippen LogP contribution is 2.44. The van der Waals surface area contributed by atoms with Crippen LogP contribution in [0, 0.1) is 5.66 Å². The van der Waals surface area contributed by atoms with Crippen LogP contribution in [-0.4, -0.2) is 5.29 Å². The second kappa shape index (κ2) is 3.76. The summed E-state index contributed by atoms with van der Waals surface area (Å²) in [6.07, 6.45) is 0. The van der Waals surface area contributed by atoms with Crippen LogP contribution in [0.2, 0.25) is 0 Å². The molecule has 0 aromatic carbocycles. The van der Waals surface area contributed by atoms with Crippen LogP contribution in [0.25, 0.3) is 0 Å². The van der Waals surface area contributed by atoms with E-state index < -0.39 is 0 Å². The first kappa shape index (κ1) is 10.3. The molecule has 3 nitrogen and oxygen atoms in total. The maximum atomic E-state index is 4.94. The minimum Gasteiger partial charge on any atom is -0.295 e. The lowest BCUT2D eigenvalue weighted by atomic mass is 9.97. The summed E-state index contributed by atoms with van der Waals surface area (Å²) in [6, 6.07) is 0. The molecule has 0 unspecified atom stereocenters. The van der Waals surface area contributed by atoms with E-state index in [1.54, 1.807) is 0 Å². The van der Waals surface area contributed by atoms with Gasteiger partial charge in [0, 0.05) is 15.9 Å². The fourth-order valence-corrected chi connectivity index (χ4v) is 3.54. The quantitative estimate of drug-likeness (QED) is 0.524. The SMILES string of the molecule is CC1=C2OOOC2=C(C)C(=P)[C]1P=P. The average molecular weight is 245 g/mol. The molecule has 6 heteroatoms. The van der Waals surface area contributed by atoms with E-state index in [-0.39, 0.29) is 0 Å². The lowest BCUT2D eigenvalue weighted by Gasteiger charge is -2.19. The third-order valence-electron chi connectivity index (χ3n) is 2.20. The molecule has 0 amide bonds. The maximum absolute atomic E-state index is 4.94. The molecule has 1 radical (unpaired) electrons. The van der Waals surface area contributed by atoms with E-state index in [2.05, 4.69) is 22.4 Å². The van der Waals surface area contributed by atoms with Crippen LogP contribution in [0.5, 0.6) is 0 Å². The Morgan fingerprint density at radius 1 is 1.07 bits per heavy atom. The van der Waals surface area contributed by atoms with E-state index in [1.165, 1.54) is 0 Å². The van der Waals surface area contributed by atoms with Gasteiger partial charge in [0.25, 0.3) is 0 Å². The van der Waals surface area contributed by atoms with Gasteiger partial charge in [-0.05, 0) is 19.4 Å². The van der Waals surface area contributed by atoms with Gasteiger partial charge >= 0.3 is 0 Å². The number of hydrogen-bond donors (Lipinski definition) is 0. The molecule has 0 saturated carbocycles. The summed E-state index contributed by atoms with van der Waals surface area (Å²) in [7, 11) is 8.01. The van der Waals surface area contributed by atoms with Crippen LogP contribution in [0.15, 0.2) is 22.7 Å². The Labute approximate surface area is 88.0 Å². The van der Waals surface area contributed by atoms with Crippen molar-refractivity contribution in [3.8, 4) is 0 Å². The zero-order valence-corrected chi connectivity index (χ0v) is 10.6. The minimum atomic E-state index is 0.645. The predicted octanol–water partition coefficient (Wildman–Crippen LogP) is 3.29. The van der Waals surface area contributed by atoms with Gasteiger partial charge in [-0.25, -0.2) is 0 Å². The molecule has 1 saturated heterocycles. The molecule has 1 aliphatic heterocycles. The molecule has 0 aromatic heterocycles. The van der Waals surface area contributed by atoms with E-state index in [1.807, 2.05) is 13.8 Å². The summed E-state index contributed by atoms with van der Waals surface area (Å²) in [6.45, 7) is 3.90. The standard InChI is InChI=1S/C8H8O3P3/c1-3-5-6(10-11-9-5)4(2)8(14-13)7(3)12/h12-13H,1-2H3. The van der Waals surface area contributed by atoms with Crippen molar-refractivity contribution in [3.63, 3.8) is 0 Å². The van der Waals surface area contributed by atoms with Crippen molar-refractivity contribution >= 4 is 30.6 Å². The van der Waals surface area contributed by atoms with Crippen molar-refractivity contribution in [2.75, 3.05) is 0 Å². The highest BCUT2D eigenvalue weighted by Gasteiger charge is 2.36. The van der Waals surface area contributed by atoms with Gasteiger partial charge in [-0.3, -0.25) is 9.78 Å². The van der Waals surface area contributed by atoms with Crippen molar-refractivity contribution in [2.24, 2.45) is 0 Å². The summed E-state index contributed by atoms with van der Waals surface area (Å²) in [5.74, 6) is 1.30. The van der Waals surface area contributed by atoms with Crippen molar-refractivity contribution in [2.45, 2.75) is 13.8 Å². The molecule has 1 aliphatic carbocycles. The van der Waals surface area contributed by atoms with Crippen LogP contribution >= 0.6 is 25.3 Å². The van der Waals surface area contributed by atoms with Crippen LogP contribution in [0.4, 0.5) is 0 Å². The van der Waals surface area contributed by atoms with Gasteiger partial charge in [0.2, 0.25) is 11.5 Å². The van der Waals surface area contributed by atoms with E-state index in [4.69, 9.17) is 9.78 Å². The van der Waals surface area contributed by atoms with E-state index >= 15 is 0 Å². The molecule has 0 spiro atoms. The van der Waals surface area contributed by atoms with Gasteiger partial charge in [0.1, 0.15) is 0 Å².